The Kier molecular flexibility index (Phi) is 6.60. The number of nitrogens with one attached hydrogen (secondary N) is 1. The molecule has 0 unspecified atom stereocenters. The lowest BCUT2D eigenvalue weighted by atomic mass is 10.0. The van der Waals surface area contributed by atoms with E-state index in [0.717, 1.165) is 29.7 Å². The van der Waals surface area contributed by atoms with Gasteiger partial charge in [0, 0.05) is 12.6 Å². The molecule has 0 fully saturated rings. The number of hydrogen-bond donors (Lipinski definition) is 1. The van der Waals surface area contributed by atoms with Gasteiger partial charge in [-0.05, 0) is 66.8 Å². The maximum Gasteiger partial charge on any atom is 0.277 e. The second-order valence-electron chi connectivity index (χ2n) is 7.84. The molecule has 0 radical (unpaired) electrons. The summed E-state index contributed by atoms with van der Waals surface area (Å²) in [6.07, 6.45) is 2.28. The van der Waals surface area contributed by atoms with Gasteiger partial charge in [-0.15, -0.1) is 0 Å². The number of aromatic amines is 1. The van der Waals surface area contributed by atoms with Crippen molar-refractivity contribution in [2.75, 3.05) is 6.61 Å². The van der Waals surface area contributed by atoms with Crippen molar-refractivity contribution in [3.63, 3.8) is 0 Å². The number of halogens is 1. The number of nitrogens with zero attached hydrogens (tertiary/aromatic N) is 3. The minimum atomic E-state index is -0.479. The minimum Gasteiger partial charge on any atom is -0.493 e. The van der Waals surface area contributed by atoms with Crippen molar-refractivity contribution in [1.82, 2.24) is 19.7 Å². The molecule has 7 nitrogen and oxygen atoms in total. The summed E-state index contributed by atoms with van der Waals surface area (Å²) in [7, 11) is 1.76. The number of hydrogen-bond acceptors (Lipinski definition) is 5. The fraction of sp³-hybridized carbons (Fsp3) is 0.280. The number of H-pyrrole nitrogens is 1. The van der Waals surface area contributed by atoms with E-state index in [1.54, 1.807) is 23.9 Å². The molecule has 0 spiro atoms. The zero-order valence-electron chi connectivity index (χ0n) is 18.8. The number of carbonyl (C=O) groups is 1. The number of benzene rings is 2. The monoisotopic (exact) mass is 464 g/mol. The lowest BCUT2D eigenvalue weighted by Gasteiger charge is -2.12. The molecule has 0 aliphatic carbocycles. The van der Waals surface area contributed by atoms with E-state index in [-0.39, 0.29) is 5.56 Å². The molecule has 33 heavy (non-hydrogen) atoms. The zero-order valence-corrected chi connectivity index (χ0v) is 19.6. The van der Waals surface area contributed by atoms with Crippen LogP contribution in [-0.4, -0.2) is 31.6 Å². The van der Waals surface area contributed by atoms with E-state index in [0.29, 0.717) is 46.8 Å². The standard InChI is InChI=1S/C25H25ClN4O3/c1-4-6-19-21-22(30(3)29-19)25(32)28-24(27-21)18-14-16(9-12-20(18)33-5-2)13-15-7-10-17(11-8-15)23(26)31/h7-12,14H,4-6,13H2,1-3H3,(H,27,28,32). The number of fused-ring (bicyclic) bond motifs is 1. The second-order valence-corrected chi connectivity index (χ2v) is 8.19. The summed E-state index contributed by atoms with van der Waals surface area (Å²) in [5.74, 6) is 1.10. The molecule has 0 saturated carbocycles. The van der Waals surface area contributed by atoms with Crippen molar-refractivity contribution >= 4 is 27.9 Å². The predicted octanol–water partition coefficient (Wildman–Crippen LogP) is 4.64. The van der Waals surface area contributed by atoms with Gasteiger partial charge in [0.1, 0.15) is 17.1 Å². The van der Waals surface area contributed by atoms with E-state index in [4.69, 9.17) is 21.3 Å². The van der Waals surface area contributed by atoms with Gasteiger partial charge in [-0.1, -0.05) is 31.5 Å². The molecule has 0 amide bonds. The molecule has 8 heteroatoms. The van der Waals surface area contributed by atoms with E-state index in [2.05, 4.69) is 17.0 Å². The lowest BCUT2D eigenvalue weighted by molar-refractivity contribution is 0.108. The summed E-state index contributed by atoms with van der Waals surface area (Å²) in [6.45, 7) is 4.47. The Morgan fingerprint density at radius 2 is 1.85 bits per heavy atom. The summed E-state index contributed by atoms with van der Waals surface area (Å²) in [5, 5.41) is 4.02. The molecule has 0 aliphatic heterocycles. The number of aromatic nitrogens is 4. The first-order chi connectivity index (χ1) is 15.9. The van der Waals surface area contributed by atoms with Gasteiger partial charge in [0.25, 0.3) is 10.8 Å². The first-order valence-corrected chi connectivity index (χ1v) is 11.3. The van der Waals surface area contributed by atoms with E-state index in [9.17, 15) is 9.59 Å². The van der Waals surface area contributed by atoms with E-state index < -0.39 is 5.24 Å². The van der Waals surface area contributed by atoms with Gasteiger partial charge in [0.2, 0.25) is 0 Å². The molecule has 2 aromatic carbocycles. The third-order valence-electron chi connectivity index (χ3n) is 5.44. The minimum absolute atomic E-state index is 0.235. The smallest absolute Gasteiger partial charge is 0.277 e. The lowest BCUT2D eigenvalue weighted by Crippen LogP contribution is -2.13. The number of carbonyl (C=O) groups excluding carboxylic acids is 1. The van der Waals surface area contributed by atoms with Crippen LogP contribution in [0.25, 0.3) is 22.4 Å². The molecule has 0 bridgehead atoms. The highest BCUT2D eigenvalue weighted by molar-refractivity contribution is 6.67. The van der Waals surface area contributed by atoms with Crippen molar-refractivity contribution in [3.8, 4) is 17.1 Å². The fourth-order valence-corrected chi connectivity index (χ4v) is 4.05. The highest BCUT2D eigenvalue weighted by Crippen LogP contribution is 2.30. The molecule has 0 atom stereocenters. The van der Waals surface area contributed by atoms with Gasteiger partial charge in [0.05, 0.1) is 17.9 Å². The van der Waals surface area contributed by atoms with Crippen LogP contribution in [0.15, 0.2) is 47.3 Å². The van der Waals surface area contributed by atoms with Crippen LogP contribution in [0.2, 0.25) is 0 Å². The topological polar surface area (TPSA) is 89.9 Å². The molecule has 2 aromatic heterocycles. The van der Waals surface area contributed by atoms with Crippen LogP contribution >= 0.6 is 11.6 Å². The summed E-state index contributed by atoms with van der Waals surface area (Å²) in [6, 6.07) is 13.0. The van der Waals surface area contributed by atoms with Crippen LogP contribution in [0.1, 0.15) is 47.4 Å². The first kappa shape index (κ1) is 22.7. The third kappa shape index (κ3) is 4.68. The maximum absolute atomic E-state index is 12.9. The Morgan fingerprint density at radius 1 is 1.12 bits per heavy atom. The first-order valence-electron chi connectivity index (χ1n) is 10.9. The van der Waals surface area contributed by atoms with Gasteiger partial charge < -0.3 is 9.72 Å². The van der Waals surface area contributed by atoms with Gasteiger partial charge in [-0.3, -0.25) is 14.3 Å². The van der Waals surface area contributed by atoms with E-state index in [1.807, 2.05) is 37.3 Å². The fourth-order valence-electron chi connectivity index (χ4n) is 3.92. The largest absolute Gasteiger partial charge is 0.493 e. The van der Waals surface area contributed by atoms with Gasteiger partial charge in [0.15, 0.2) is 5.52 Å². The van der Waals surface area contributed by atoms with Crippen LogP contribution in [0, 0.1) is 0 Å². The van der Waals surface area contributed by atoms with E-state index >= 15 is 0 Å². The van der Waals surface area contributed by atoms with Crippen molar-refractivity contribution in [3.05, 3.63) is 75.2 Å². The molecule has 0 saturated heterocycles. The van der Waals surface area contributed by atoms with Crippen molar-refractivity contribution in [1.29, 1.82) is 0 Å². The highest BCUT2D eigenvalue weighted by atomic mass is 35.5. The Balaban J connectivity index is 1.78. The Morgan fingerprint density at radius 3 is 2.52 bits per heavy atom. The molecule has 4 aromatic rings. The van der Waals surface area contributed by atoms with Gasteiger partial charge in [-0.25, -0.2) is 4.98 Å². The van der Waals surface area contributed by atoms with Crippen LogP contribution in [0.4, 0.5) is 0 Å². The Hall–Kier alpha value is -3.45. The predicted molar refractivity (Wildman–Crippen MR) is 129 cm³/mol. The third-order valence-corrected chi connectivity index (χ3v) is 5.66. The molecular formula is C25H25ClN4O3. The normalized spacial score (nSPS) is 11.2. The van der Waals surface area contributed by atoms with E-state index in [1.165, 1.54) is 0 Å². The Labute approximate surface area is 196 Å². The van der Waals surface area contributed by atoms with Gasteiger partial charge >= 0.3 is 0 Å². The molecule has 2 heterocycles. The average Bonchev–Trinajstić information content (AvgIpc) is 3.11. The highest BCUT2D eigenvalue weighted by Gasteiger charge is 2.18. The maximum atomic E-state index is 12.9. The zero-order chi connectivity index (χ0) is 23.5. The summed E-state index contributed by atoms with van der Waals surface area (Å²) in [5.41, 5.74) is 4.88. The van der Waals surface area contributed by atoms with Gasteiger partial charge in [-0.2, -0.15) is 5.10 Å². The number of ether oxygens (including phenoxy) is 1. The number of aryl methyl sites for hydroxylation is 2. The van der Waals surface area contributed by atoms with Crippen LogP contribution in [-0.2, 0) is 19.9 Å². The molecular weight excluding hydrogens is 440 g/mol. The summed E-state index contributed by atoms with van der Waals surface area (Å²) in [4.78, 5) is 31.9. The summed E-state index contributed by atoms with van der Waals surface area (Å²) >= 11 is 5.54. The molecule has 4 rings (SSSR count). The van der Waals surface area contributed by atoms with Crippen molar-refractivity contribution < 1.29 is 9.53 Å². The van der Waals surface area contributed by atoms with Crippen LogP contribution in [0.5, 0.6) is 5.75 Å². The Bertz CT molecular complexity index is 1370. The summed E-state index contributed by atoms with van der Waals surface area (Å²) < 4.78 is 7.43. The van der Waals surface area contributed by atoms with Crippen LogP contribution < -0.4 is 10.3 Å². The second kappa shape index (κ2) is 9.58. The quantitative estimate of drug-likeness (QED) is 0.383. The average molecular weight is 465 g/mol. The molecule has 0 aliphatic rings. The SMILES string of the molecule is CCCc1nn(C)c2c(=O)[nH]c(-c3cc(Cc4ccc(C(=O)Cl)cc4)ccc3OCC)nc12. The van der Waals surface area contributed by atoms with Crippen molar-refractivity contribution in [2.45, 2.75) is 33.1 Å². The molecule has 170 valence electrons. The number of rotatable bonds is 8. The molecule has 1 N–H and O–H groups in total. The van der Waals surface area contributed by atoms with Crippen LogP contribution in [0.3, 0.4) is 0 Å². The van der Waals surface area contributed by atoms with Crippen molar-refractivity contribution in [2.24, 2.45) is 7.05 Å².